The third-order valence-electron chi connectivity index (χ3n) is 3.43. The van der Waals surface area contributed by atoms with Crippen LogP contribution in [0.5, 0.6) is 11.5 Å². The van der Waals surface area contributed by atoms with Crippen molar-refractivity contribution in [1.82, 2.24) is 5.32 Å². The van der Waals surface area contributed by atoms with E-state index in [0.717, 1.165) is 11.1 Å². The second kappa shape index (κ2) is 9.93. The van der Waals surface area contributed by atoms with Crippen LogP contribution in [-0.2, 0) is 17.1 Å². The summed E-state index contributed by atoms with van der Waals surface area (Å²) in [5.41, 5.74) is 1.94. The Balaban J connectivity index is 1.76. The quantitative estimate of drug-likeness (QED) is 0.736. The highest BCUT2D eigenvalue weighted by Gasteiger charge is 2.07. The van der Waals surface area contributed by atoms with Crippen LogP contribution in [0.2, 0.25) is 0 Å². The number of ether oxygens (including phenoxy) is 2. The fourth-order valence-electron chi connectivity index (χ4n) is 2.19. The van der Waals surface area contributed by atoms with Crippen LogP contribution >= 0.6 is 11.8 Å². The summed E-state index contributed by atoms with van der Waals surface area (Å²) in [4.78, 5) is 11.9. The lowest BCUT2D eigenvalue weighted by Gasteiger charge is -2.11. The van der Waals surface area contributed by atoms with Gasteiger partial charge in [-0.2, -0.15) is 0 Å². The molecule has 4 nitrogen and oxygen atoms in total. The monoisotopic (exact) mass is 363 g/mol. The molecule has 1 amide bonds. The van der Waals surface area contributed by atoms with Gasteiger partial charge in [0.25, 0.3) is 0 Å². The van der Waals surface area contributed by atoms with Crippen molar-refractivity contribution in [3.63, 3.8) is 0 Å². The van der Waals surface area contributed by atoms with Gasteiger partial charge in [-0.15, -0.1) is 11.8 Å². The molecule has 0 aromatic heterocycles. The molecule has 0 unspecified atom stereocenters. The molecule has 1 N–H and O–H groups in total. The van der Waals surface area contributed by atoms with Crippen molar-refractivity contribution < 1.29 is 18.7 Å². The lowest BCUT2D eigenvalue weighted by Crippen LogP contribution is -2.24. The summed E-state index contributed by atoms with van der Waals surface area (Å²) in [6.45, 7) is 2.91. The fourth-order valence-corrected chi connectivity index (χ4v) is 3.01. The van der Waals surface area contributed by atoms with Crippen molar-refractivity contribution in [1.29, 1.82) is 0 Å². The molecular weight excluding hydrogens is 341 g/mol. The minimum atomic E-state index is -0.253. The number of nitrogens with one attached hydrogen (secondary N) is 1. The number of rotatable bonds is 9. The average Bonchev–Trinajstić information content (AvgIpc) is 2.62. The van der Waals surface area contributed by atoms with Crippen molar-refractivity contribution in [3.8, 4) is 11.5 Å². The maximum atomic E-state index is 12.8. The molecule has 2 rings (SSSR count). The molecule has 0 aliphatic rings. The molecule has 0 bridgehead atoms. The van der Waals surface area contributed by atoms with E-state index in [1.54, 1.807) is 19.2 Å². The summed E-state index contributed by atoms with van der Waals surface area (Å²) in [5, 5.41) is 2.88. The number of halogens is 1. The van der Waals surface area contributed by atoms with E-state index >= 15 is 0 Å². The smallest absolute Gasteiger partial charge is 0.230 e. The van der Waals surface area contributed by atoms with E-state index in [-0.39, 0.29) is 11.7 Å². The number of carbonyl (C=O) groups excluding carboxylic acids is 1. The van der Waals surface area contributed by atoms with Crippen LogP contribution in [0.4, 0.5) is 4.39 Å². The van der Waals surface area contributed by atoms with Gasteiger partial charge in [-0.1, -0.05) is 18.2 Å². The maximum Gasteiger partial charge on any atom is 0.230 e. The standard InChI is InChI=1S/C19H22FNO3S/c1-3-24-17-9-6-15(10-18(17)23-2)11-21-19(22)13-25-12-14-4-7-16(20)8-5-14/h4-10H,3,11-13H2,1-2H3,(H,21,22). The van der Waals surface area contributed by atoms with E-state index in [2.05, 4.69) is 5.32 Å². The van der Waals surface area contributed by atoms with Gasteiger partial charge in [0, 0.05) is 12.3 Å². The predicted octanol–water partition coefficient (Wildman–Crippen LogP) is 3.78. The SMILES string of the molecule is CCOc1ccc(CNC(=O)CSCc2ccc(F)cc2)cc1OC. The van der Waals surface area contributed by atoms with Gasteiger partial charge in [-0.05, 0) is 42.3 Å². The highest BCUT2D eigenvalue weighted by molar-refractivity contribution is 7.99. The molecule has 25 heavy (non-hydrogen) atoms. The summed E-state index contributed by atoms with van der Waals surface area (Å²) in [6, 6.07) is 11.9. The zero-order valence-electron chi connectivity index (χ0n) is 14.4. The van der Waals surface area contributed by atoms with Gasteiger partial charge in [-0.25, -0.2) is 4.39 Å². The molecule has 134 valence electrons. The van der Waals surface area contributed by atoms with E-state index < -0.39 is 0 Å². The molecule has 6 heteroatoms. The Kier molecular flexibility index (Phi) is 7.60. The molecule has 0 spiro atoms. The van der Waals surface area contributed by atoms with E-state index in [4.69, 9.17) is 9.47 Å². The Hall–Kier alpha value is -2.21. The Morgan fingerprint density at radius 2 is 1.84 bits per heavy atom. The first-order chi connectivity index (χ1) is 12.1. The summed E-state index contributed by atoms with van der Waals surface area (Å²) in [6.07, 6.45) is 0. The normalized spacial score (nSPS) is 10.4. The number of hydrogen-bond donors (Lipinski definition) is 1. The second-order valence-corrected chi connectivity index (χ2v) is 6.30. The minimum absolute atomic E-state index is 0.0417. The number of methoxy groups -OCH3 is 1. The van der Waals surface area contributed by atoms with Gasteiger partial charge in [0.15, 0.2) is 11.5 Å². The first-order valence-corrected chi connectivity index (χ1v) is 9.16. The van der Waals surface area contributed by atoms with Gasteiger partial charge in [-0.3, -0.25) is 4.79 Å². The van der Waals surface area contributed by atoms with Crippen LogP contribution in [0.25, 0.3) is 0 Å². The zero-order chi connectivity index (χ0) is 18.1. The largest absolute Gasteiger partial charge is 0.493 e. The molecule has 0 fully saturated rings. The van der Waals surface area contributed by atoms with E-state index in [9.17, 15) is 9.18 Å². The van der Waals surface area contributed by atoms with Gasteiger partial charge in [0.05, 0.1) is 19.5 Å². The van der Waals surface area contributed by atoms with E-state index in [1.807, 2.05) is 25.1 Å². The molecule has 0 aliphatic carbocycles. The molecular formula is C19H22FNO3S. The predicted molar refractivity (Wildman–Crippen MR) is 98.6 cm³/mol. The number of carbonyl (C=O) groups is 1. The first kappa shape index (κ1) is 19.1. The van der Waals surface area contributed by atoms with Crippen LogP contribution < -0.4 is 14.8 Å². The van der Waals surface area contributed by atoms with Crippen LogP contribution in [-0.4, -0.2) is 25.4 Å². The number of amides is 1. The van der Waals surface area contributed by atoms with Crippen LogP contribution in [0.1, 0.15) is 18.1 Å². The summed E-state index contributed by atoms with van der Waals surface area (Å²) < 4.78 is 23.6. The molecule has 2 aromatic carbocycles. The molecule has 0 saturated heterocycles. The molecule has 0 saturated carbocycles. The topological polar surface area (TPSA) is 47.6 Å². The third kappa shape index (κ3) is 6.31. The molecule has 0 radical (unpaired) electrons. The van der Waals surface area contributed by atoms with Crippen LogP contribution in [0.3, 0.4) is 0 Å². The third-order valence-corrected chi connectivity index (χ3v) is 4.44. The Labute approximate surface area is 151 Å². The molecule has 0 heterocycles. The van der Waals surface area contributed by atoms with Gasteiger partial charge >= 0.3 is 0 Å². The first-order valence-electron chi connectivity index (χ1n) is 8.01. The second-order valence-electron chi connectivity index (χ2n) is 5.31. The van der Waals surface area contributed by atoms with Crippen molar-refractivity contribution in [3.05, 3.63) is 59.4 Å². The van der Waals surface area contributed by atoms with Crippen molar-refractivity contribution in [2.24, 2.45) is 0 Å². The van der Waals surface area contributed by atoms with Crippen molar-refractivity contribution in [2.75, 3.05) is 19.5 Å². The van der Waals surface area contributed by atoms with Crippen LogP contribution in [0, 0.1) is 5.82 Å². The average molecular weight is 363 g/mol. The Bertz CT molecular complexity index is 692. The number of thioether (sulfide) groups is 1. The summed E-state index contributed by atoms with van der Waals surface area (Å²) in [5.74, 6) is 2.07. The van der Waals surface area contributed by atoms with Crippen molar-refractivity contribution in [2.45, 2.75) is 19.2 Å². The van der Waals surface area contributed by atoms with E-state index in [1.165, 1.54) is 23.9 Å². The van der Waals surface area contributed by atoms with Gasteiger partial charge in [0.2, 0.25) is 5.91 Å². The van der Waals surface area contributed by atoms with Gasteiger partial charge in [0.1, 0.15) is 5.82 Å². The zero-order valence-corrected chi connectivity index (χ0v) is 15.2. The lowest BCUT2D eigenvalue weighted by atomic mass is 10.2. The minimum Gasteiger partial charge on any atom is -0.493 e. The maximum absolute atomic E-state index is 12.8. The highest BCUT2D eigenvalue weighted by Crippen LogP contribution is 2.27. The Morgan fingerprint density at radius 1 is 1.12 bits per heavy atom. The summed E-state index contributed by atoms with van der Waals surface area (Å²) in [7, 11) is 1.59. The summed E-state index contributed by atoms with van der Waals surface area (Å²) >= 11 is 1.49. The van der Waals surface area contributed by atoms with E-state index in [0.29, 0.717) is 36.2 Å². The molecule has 2 aromatic rings. The van der Waals surface area contributed by atoms with Crippen molar-refractivity contribution >= 4 is 17.7 Å². The highest BCUT2D eigenvalue weighted by atomic mass is 32.2. The lowest BCUT2D eigenvalue weighted by molar-refractivity contribution is -0.118. The molecule has 0 atom stereocenters. The van der Waals surface area contributed by atoms with Gasteiger partial charge < -0.3 is 14.8 Å². The van der Waals surface area contributed by atoms with Crippen LogP contribution in [0.15, 0.2) is 42.5 Å². The Morgan fingerprint density at radius 3 is 2.52 bits per heavy atom. The fraction of sp³-hybridized carbons (Fsp3) is 0.316. The number of benzene rings is 2. The molecule has 0 aliphatic heterocycles. The number of hydrogen-bond acceptors (Lipinski definition) is 4.